The summed E-state index contributed by atoms with van der Waals surface area (Å²) >= 11 is 1.26. The van der Waals surface area contributed by atoms with Gasteiger partial charge in [-0.3, -0.25) is 4.79 Å². The predicted molar refractivity (Wildman–Crippen MR) is 95.8 cm³/mol. The third-order valence-corrected chi connectivity index (χ3v) is 4.75. The van der Waals surface area contributed by atoms with Crippen LogP contribution in [0.4, 0.5) is 9.52 Å². The van der Waals surface area contributed by atoms with E-state index in [2.05, 4.69) is 15.6 Å². The SMILES string of the molecule is Cc1ccccc1C(C)NCC(=O)Nc1nc2ccc(F)cc2s1. The second-order valence-electron chi connectivity index (χ2n) is 5.64. The summed E-state index contributed by atoms with van der Waals surface area (Å²) in [7, 11) is 0. The lowest BCUT2D eigenvalue weighted by atomic mass is 10.0. The van der Waals surface area contributed by atoms with Gasteiger partial charge in [-0.15, -0.1) is 0 Å². The van der Waals surface area contributed by atoms with Gasteiger partial charge in [-0.05, 0) is 43.2 Å². The van der Waals surface area contributed by atoms with Crippen LogP contribution in [0.15, 0.2) is 42.5 Å². The van der Waals surface area contributed by atoms with E-state index >= 15 is 0 Å². The van der Waals surface area contributed by atoms with Crippen molar-refractivity contribution in [3.8, 4) is 0 Å². The molecule has 6 heteroatoms. The van der Waals surface area contributed by atoms with Crippen LogP contribution in [0.2, 0.25) is 0 Å². The Labute approximate surface area is 143 Å². The highest BCUT2D eigenvalue weighted by Crippen LogP contribution is 2.26. The molecule has 1 atom stereocenters. The molecule has 2 aromatic carbocycles. The summed E-state index contributed by atoms with van der Waals surface area (Å²) in [6.07, 6.45) is 0. The number of anilines is 1. The highest BCUT2D eigenvalue weighted by Gasteiger charge is 2.11. The summed E-state index contributed by atoms with van der Waals surface area (Å²) < 4.78 is 13.9. The number of carbonyl (C=O) groups excluding carboxylic acids is 1. The molecule has 1 amide bonds. The molecule has 0 aliphatic carbocycles. The van der Waals surface area contributed by atoms with Gasteiger partial charge in [-0.25, -0.2) is 9.37 Å². The van der Waals surface area contributed by atoms with Crippen LogP contribution in [0.3, 0.4) is 0 Å². The number of fused-ring (bicyclic) bond motifs is 1. The second kappa shape index (κ2) is 7.07. The van der Waals surface area contributed by atoms with Gasteiger partial charge in [0.25, 0.3) is 0 Å². The number of amides is 1. The van der Waals surface area contributed by atoms with Crippen molar-refractivity contribution in [1.82, 2.24) is 10.3 Å². The third-order valence-electron chi connectivity index (χ3n) is 3.82. The number of halogens is 1. The molecule has 0 saturated carbocycles. The van der Waals surface area contributed by atoms with E-state index in [1.54, 1.807) is 6.07 Å². The summed E-state index contributed by atoms with van der Waals surface area (Å²) in [5.41, 5.74) is 3.03. The van der Waals surface area contributed by atoms with E-state index in [1.807, 2.05) is 38.1 Å². The molecular formula is C18H18FN3OS. The van der Waals surface area contributed by atoms with E-state index in [0.717, 1.165) is 0 Å². The molecular weight excluding hydrogens is 325 g/mol. The standard InChI is InChI=1S/C18H18FN3OS/c1-11-5-3-4-6-14(11)12(2)20-10-17(23)22-18-21-15-8-7-13(19)9-16(15)24-18/h3-9,12,20H,10H2,1-2H3,(H,21,22,23). The number of nitrogens with one attached hydrogen (secondary N) is 2. The maximum atomic E-state index is 13.2. The van der Waals surface area contributed by atoms with E-state index in [1.165, 1.54) is 34.6 Å². The van der Waals surface area contributed by atoms with E-state index in [-0.39, 0.29) is 24.3 Å². The van der Waals surface area contributed by atoms with Gasteiger partial charge in [0.2, 0.25) is 5.91 Å². The van der Waals surface area contributed by atoms with Crippen molar-refractivity contribution in [3.63, 3.8) is 0 Å². The Kier molecular flexibility index (Phi) is 4.87. The zero-order valence-corrected chi connectivity index (χ0v) is 14.3. The molecule has 1 heterocycles. The largest absolute Gasteiger partial charge is 0.302 e. The van der Waals surface area contributed by atoms with Gasteiger partial charge in [-0.1, -0.05) is 35.6 Å². The molecule has 24 heavy (non-hydrogen) atoms. The van der Waals surface area contributed by atoms with Crippen LogP contribution in [-0.4, -0.2) is 17.4 Å². The van der Waals surface area contributed by atoms with Crippen molar-refractivity contribution in [2.75, 3.05) is 11.9 Å². The monoisotopic (exact) mass is 343 g/mol. The number of carbonyl (C=O) groups is 1. The van der Waals surface area contributed by atoms with Gasteiger partial charge in [0, 0.05) is 6.04 Å². The third kappa shape index (κ3) is 3.77. The maximum absolute atomic E-state index is 13.2. The summed E-state index contributed by atoms with van der Waals surface area (Å²) in [6.45, 7) is 4.25. The van der Waals surface area contributed by atoms with Crippen molar-refractivity contribution in [2.45, 2.75) is 19.9 Å². The highest BCUT2D eigenvalue weighted by molar-refractivity contribution is 7.22. The molecule has 1 unspecified atom stereocenters. The number of benzene rings is 2. The van der Waals surface area contributed by atoms with Crippen LogP contribution in [0.1, 0.15) is 24.1 Å². The first-order valence-corrected chi connectivity index (χ1v) is 8.49. The smallest absolute Gasteiger partial charge is 0.240 e. The molecule has 4 nitrogen and oxygen atoms in total. The zero-order chi connectivity index (χ0) is 17.1. The Bertz CT molecular complexity index is 878. The number of nitrogens with zero attached hydrogens (tertiary/aromatic N) is 1. The lowest BCUT2D eigenvalue weighted by Gasteiger charge is -2.16. The van der Waals surface area contributed by atoms with Gasteiger partial charge < -0.3 is 10.6 Å². The lowest BCUT2D eigenvalue weighted by molar-refractivity contribution is -0.115. The molecule has 0 bridgehead atoms. The van der Waals surface area contributed by atoms with Gasteiger partial charge in [0.15, 0.2) is 5.13 Å². The molecule has 2 N–H and O–H groups in total. The predicted octanol–water partition coefficient (Wildman–Crippen LogP) is 4.03. The average molecular weight is 343 g/mol. The Morgan fingerprint density at radius 2 is 2.08 bits per heavy atom. The molecule has 1 aromatic heterocycles. The van der Waals surface area contributed by atoms with Gasteiger partial charge >= 0.3 is 0 Å². The summed E-state index contributed by atoms with van der Waals surface area (Å²) in [5.74, 6) is -0.479. The molecule has 3 rings (SSSR count). The maximum Gasteiger partial charge on any atom is 0.240 e. The molecule has 0 aliphatic rings. The average Bonchev–Trinajstić information content (AvgIpc) is 2.94. The molecule has 0 aliphatic heterocycles. The van der Waals surface area contributed by atoms with Gasteiger partial charge in [-0.2, -0.15) is 0 Å². The molecule has 0 saturated heterocycles. The zero-order valence-electron chi connectivity index (χ0n) is 13.5. The Hall–Kier alpha value is -2.31. The Balaban J connectivity index is 1.59. The summed E-state index contributed by atoms with van der Waals surface area (Å²) in [6, 6.07) is 12.5. The van der Waals surface area contributed by atoms with Gasteiger partial charge in [0.05, 0.1) is 16.8 Å². The first-order chi connectivity index (χ1) is 11.5. The minimum absolute atomic E-state index is 0.0708. The quantitative estimate of drug-likeness (QED) is 0.735. The minimum atomic E-state index is -0.308. The number of thiazole rings is 1. The topological polar surface area (TPSA) is 54.0 Å². The summed E-state index contributed by atoms with van der Waals surface area (Å²) in [4.78, 5) is 16.4. The van der Waals surface area contributed by atoms with Crippen LogP contribution in [0.5, 0.6) is 0 Å². The fourth-order valence-electron chi connectivity index (χ4n) is 2.54. The van der Waals surface area contributed by atoms with E-state index in [9.17, 15) is 9.18 Å². The number of hydrogen-bond donors (Lipinski definition) is 2. The van der Waals surface area contributed by atoms with Crippen molar-refractivity contribution in [1.29, 1.82) is 0 Å². The Morgan fingerprint density at radius 3 is 2.88 bits per heavy atom. The normalized spacial score (nSPS) is 12.3. The van der Waals surface area contributed by atoms with Gasteiger partial charge in [0.1, 0.15) is 5.82 Å². The van der Waals surface area contributed by atoms with Crippen LogP contribution in [-0.2, 0) is 4.79 Å². The fraction of sp³-hybridized carbons (Fsp3) is 0.222. The molecule has 124 valence electrons. The van der Waals surface area contributed by atoms with Crippen LogP contribution in [0, 0.1) is 12.7 Å². The minimum Gasteiger partial charge on any atom is -0.302 e. The van der Waals surface area contributed by atoms with Crippen molar-refractivity contribution < 1.29 is 9.18 Å². The number of aryl methyl sites for hydroxylation is 1. The summed E-state index contributed by atoms with van der Waals surface area (Å²) in [5, 5.41) is 6.44. The highest BCUT2D eigenvalue weighted by atomic mass is 32.1. The molecule has 3 aromatic rings. The van der Waals surface area contributed by atoms with E-state index in [4.69, 9.17) is 0 Å². The van der Waals surface area contributed by atoms with Crippen molar-refractivity contribution in [2.24, 2.45) is 0 Å². The van der Waals surface area contributed by atoms with Crippen LogP contribution >= 0.6 is 11.3 Å². The first-order valence-electron chi connectivity index (χ1n) is 7.68. The van der Waals surface area contributed by atoms with Crippen LogP contribution < -0.4 is 10.6 Å². The van der Waals surface area contributed by atoms with E-state index < -0.39 is 0 Å². The van der Waals surface area contributed by atoms with Crippen LogP contribution in [0.25, 0.3) is 10.2 Å². The molecule has 0 radical (unpaired) electrons. The molecule has 0 fully saturated rings. The number of aromatic nitrogens is 1. The van der Waals surface area contributed by atoms with E-state index in [0.29, 0.717) is 15.3 Å². The Morgan fingerprint density at radius 1 is 1.29 bits per heavy atom. The lowest BCUT2D eigenvalue weighted by Crippen LogP contribution is -2.30. The molecule has 0 spiro atoms. The van der Waals surface area contributed by atoms with Crippen molar-refractivity contribution in [3.05, 3.63) is 59.4 Å². The van der Waals surface area contributed by atoms with Crippen molar-refractivity contribution >= 4 is 32.6 Å². The fourth-order valence-corrected chi connectivity index (χ4v) is 3.45. The number of rotatable bonds is 5. The first kappa shape index (κ1) is 16.5. The number of hydrogen-bond acceptors (Lipinski definition) is 4. The second-order valence-corrected chi connectivity index (χ2v) is 6.67.